The molecular weight excluding hydrogens is 240 g/mol. The number of pyridine rings is 1. The van der Waals surface area contributed by atoms with Crippen LogP contribution in [-0.2, 0) is 13.5 Å². The van der Waals surface area contributed by atoms with E-state index in [1.165, 1.54) is 5.56 Å². The summed E-state index contributed by atoms with van der Waals surface area (Å²) in [7, 11) is 3.60. The molecule has 2 rings (SSSR count). The highest BCUT2D eigenvalue weighted by atomic mass is 16.2. The van der Waals surface area contributed by atoms with Gasteiger partial charge in [-0.25, -0.2) is 0 Å². The van der Waals surface area contributed by atoms with E-state index < -0.39 is 0 Å². The third-order valence-electron chi connectivity index (χ3n) is 3.05. The Morgan fingerprint density at radius 1 is 1.37 bits per heavy atom. The van der Waals surface area contributed by atoms with Crippen LogP contribution in [0.4, 0.5) is 0 Å². The van der Waals surface area contributed by atoms with E-state index in [-0.39, 0.29) is 5.91 Å². The van der Waals surface area contributed by atoms with E-state index in [0.29, 0.717) is 12.2 Å². The average molecular weight is 258 g/mol. The number of carbonyl (C=O) groups excluding carboxylic acids is 1. The zero-order chi connectivity index (χ0) is 13.8. The molecule has 2 aromatic heterocycles. The predicted octanol–water partition coefficient (Wildman–Crippen LogP) is 1.44. The first-order valence-corrected chi connectivity index (χ1v) is 6.23. The summed E-state index contributed by atoms with van der Waals surface area (Å²) in [5.41, 5.74) is 2.65. The molecule has 100 valence electrons. The molecule has 0 bridgehead atoms. The summed E-state index contributed by atoms with van der Waals surface area (Å²) in [5.74, 6) is -0.00263. The summed E-state index contributed by atoms with van der Waals surface area (Å²) in [5, 5.41) is 4.19. The van der Waals surface area contributed by atoms with Crippen LogP contribution in [0, 0.1) is 6.92 Å². The van der Waals surface area contributed by atoms with Gasteiger partial charge in [0.15, 0.2) is 0 Å². The first-order chi connectivity index (χ1) is 9.08. The number of hydrogen-bond acceptors (Lipinski definition) is 3. The van der Waals surface area contributed by atoms with Crippen LogP contribution in [0.2, 0.25) is 0 Å². The lowest BCUT2D eigenvalue weighted by atomic mass is 10.2. The molecular formula is C14H18N4O. The van der Waals surface area contributed by atoms with Gasteiger partial charge in [0.2, 0.25) is 0 Å². The van der Waals surface area contributed by atoms with Gasteiger partial charge in [-0.2, -0.15) is 5.10 Å². The number of nitrogens with zero attached hydrogens (tertiary/aromatic N) is 4. The van der Waals surface area contributed by atoms with Crippen molar-refractivity contribution in [3.8, 4) is 0 Å². The predicted molar refractivity (Wildman–Crippen MR) is 72.8 cm³/mol. The molecule has 0 fully saturated rings. The lowest BCUT2D eigenvalue weighted by Gasteiger charge is -2.16. The smallest absolute Gasteiger partial charge is 0.271 e. The summed E-state index contributed by atoms with van der Waals surface area (Å²) in [4.78, 5) is 17.9. The molecule has 0 aliphatic carbocycles. The maximum absolute atomic E-state index is 12.3. The van der Waals surface area contributed by atoms with E-state index in [0.717, 1.165) is 12.1 Å². The molecule has 0 spiro atoms. The fourth-order valence-electron chi connectivity index (χ4n) is 1.95. The fourth-order valence-corrected chi connectivity index (χ4v) is 1.95. The van der Waals surface area contributed by atoms with Crippen molar-refractivity contribution in [2.75, 3.05) is 13.6 Å². The van der Waals surface area contributed by atoms with E-state index in [1.807, 2.05) is 32.2 Å². The van der Waals surface area contributed by atoms with Gasteiger partial charge >= 0.3 is 0 Å². The lowest BCUT2D eigenvalue weighted by molar-refractivity contribution is 0.0786. The third kappa shape index (κ3) is 3.19. The molecule has 1 amide bonds. The van der Waals surface area contributed by atoms with Gasteiger partial charge in [-0.3, -0.25) is 14.5 Å². The summed E-state index contributed by atoms with van der Waals surface area (Å²) in [6.07, 6.45) is 4.35. The number of likely N-dealkylation sites (N-methyl/N-ethyl adjacent to an activating group) is 1. The molecule has 0 aliphatic heterocycles. The molecule has 0 radical (unpaired) electrons. The van der Waals surface area contributed by atoms with Crippen LogP contribution in [0.1, 0.15) is 21.7 Å². The second-order valence-corrected chi connectivity index (χ2v) is 4.63. The van der Waals surface area contributed by atoms with Gasteiger partial charge in [-0.15, -0.1) is 0 Å². The molecule has 0 unspecified atom stereocenters. The molecule has 19 heavy (non-hydrogen) atoms. The van der Waals surface area contributed by atoms with Crippen LogP contribution in [0.15, 0.2) is 30.6 Å². The van der Waals surface area contributed by atoms with Gasteiger partial charge in [0.05, 0.1) is 5.69 Å². The highest BCUT2D eigenvalue weighted by molar-refractivity contribution is 5.92. The molecule has 0 aromatic carbocycles. The van der Waals surface area contributed by atoms with Gasteiger partial charge in [-0.05, 0) is 37.1 Å². The summed E-state index contributed by atoms with van der Waals surface area (Å²) < 4.78 is 1.63. The SMILES string of the molecule is Cc1cc(C(=O)N(C)CCc2ccncc2)n(C)n1. The van der Waals surface area contributed by atoms with Crippen molar-refractivity contribution in [3.63, 3.8) is 0 Å². The first-order valence-electron chi connectivity index (χ1n) is 6.23. The van der Waals surface area contributed by atoms with E-state index in [1.54, 1.807) is 29.0 Å². The number of carbonyl (C=O) groups is 1. The van der Waals surface area contributed by atoms with Gasteiger partial charge in [-0.1, -0.05) is 0 Å². The summed E-state index contributed by atoms with van der Waals surface area (Å²) in [6.45, 7) is 2.56. The van der Waals surface area contributed by atoms with Gasteiger partial charge in [0.1, 0.15) is 5.69 Å². The minimum Gasteiger partial charge on any atom is -0.340 e. The normalized spacial score (nSPS) is 10.5. The molecule has 2 aromatic rings. The Morgan fingerprint density at radius 3 is 2.63 bits per heavy atom. The average Bonchev–Trinajstić information content (AvgIpc) is 2.75. The Balaban J connectivity index is 1.98. The van der Waals surface area contributed by atoms with Crippen LogP contribution >= 0.6 is 0 Å². The Bertz CT molecular complexity index is 562. The van der Waals surface area contributed by atoms with Crippen molar-refractivity contribution in [1.82, 2.24) is 19.7 Å². The fraction of sp³-hybridized carbons (Fsp3) is 0.357. The monoisotopic (exact) mass is 258 g/mol. The maximum Gasteiger partial charge on any atom is 0.271 e. The zero-order valence-corrected chi connectivity index (χ0v) is 11.5. The van der Waals surface area contributed by atoms with Crippen molar-refractivity contribution in [3.05, 3.63) is 47.5 Å². The van der Waals surface area contributed by atoms with E-state index in [2.05, 4.69) is 10.1 Å². The van der Waals surface area contributed by atoms with Gasteiger partial charge in [0, 0.05) is 33.0 Å². The topological polar surface area (TPSA) is 51.0 Å². The Labute approximate surface area is 112 Å². The van der Waals surface area contributed by atoms with E-state index >= 15 is 0 Å². The number of rotatable bonds is 4. The molecule has 5 nitrogen and oxygen atoms in total. The Kier molecular flexibility index (Phi) is 3.94. The van der Waals surface area contributed by atoms with E-state index in [4.69, 9.17) is 0 Å². The first kappa shape index (κ1) is 13.3. The number of aryl methyl sites for hydroxylation is 2. The van der Waals surface area contributed by atoms with Crippen molar-refractivity contribution in [2.24, 2.45) is 7.05 Å². The molecule has 0 saturated carbocycles. The zero-order valence-electron chi connectivity index (χ0n) is 11.5. The summed E-state index contributed by atoms with van der Waals surface area (Å²) >= 11 is 0. The number of amides is 1. The Morgan fingerprint density at radius 2 is 2.05 bits per heavy atom. The lowest BCUT2D eigenvalue weighted by Crippen LogP contribution is -2.30. The van der Waals surface area contributed by atoms with Crippen LogP contribution in [0.5, 0.6) is 0 Å². The van der Waals surface area contributed by atoms with Crippen molar-refractivity contribution < 1.29 is 4.79 Å². The Hall–Kier alpha value is -2.17. The molecule has 0 atom stereocenters. The minimum atomic E-state index is -0.00263. The van der Waals surface area contributed by atoms with Crippen molar-refractivity contribution in [1.29, 1.82) is 0 Å². The maximum atomic E-state index is 12.3. The molecule has 0 aliphatic rings. The van der Waals surface area contributed by atoms with Crippen molar-refractivity contribution >= 4 is 5.91 Å². The highest BCUT2D eigenvalue weighted by Gasteiger charge is 2.16. The highest BCUT2D eigenvalue weighted by Crippen LogP contribution is 2.06. The van der Waals surface area contributed by atoms with Gasteiger partial charge in [0.25, 0.3) is 5.91 Å². The van der Waals surface area contributed by atoms with Crippen LogP contribution < -0.4 is 0 Å². The third-order valence-corrected chi connectivity index (χ3v) is 3.05. The second kappa shape index (κ2) is 5.65. The molecule has 2 heterocycles. The standard InChI is InChI=1S/C14H18N4O/c1-11-10-13(18(3)16-11)14(19)17(2)9-6-12-4-7-15-8-5-12/h4-5,7-8,10H,6,9H2,1-3H3. The molecule has 5 heteroatoms. The van der Waals surface area contributed by atoms with Crippen molar-refractivity contribution in [2.45, 2.75) is 13.3 Å². The van der Waals surface area contributed by atoms with Crippen LogP contribution in [0.3, 0.4) is 0 Å². The number of hydrogen-bond donors (Lipinski definition) is 0. The van der Waals surface area contributed by atoms with Crippen LogP contribution in [-0.4, -0.2) is 39.2 Å². The van der Waals surface area contributed by atoms with Gasteiger partial charge < -0.3 is 4.90 Å². The molecule has 0 saturated heterocycles. The van der Waals surface area contributed by atoms with E-state index in [9.17, 15) is 4.79 Å². The number of aromatic nitrogens is 3. The minimum absolute atomic E-state index is 0.00263. The van der Waals surface area contributed by atoms with Crippen LogP contribution in [0.25, 0.3) is 0 Å². The summed E-state index contributed by atoms with van der Waals surface area (Å²) in [6, 6.07) is 5.74. The largest absolute Gasteiger partial charge is 0.340 e. The molecule has 0 N–H and O–H groups in total. The second-order valence-electron chi connectivity index (χ2n) is 4.63. The quantitative estimate of drug-likeness (QED) is 0.833.